The molecule has 0 radical (unpaired) electrons. The fraction of sp³-hybridized carbons (Fsp3) is 0.316. The summed E-state index contributed by atoms with van der Waals surface area (Å²) in [6, 6.07) is 8.12. The number of nitrogens with zero attached hydrogens (tertiary/aromatic N) is 3. The van der Waals surface area contributed by atoms with Gasteiger partial charge in [0.15, 0.2) is 6.61 Å². The van der Waals surface area contributed by atoms with Gasteiger partial charge in [0, 0.05) is 18.0 Å². The van der Waals surface area contributed by atoms with E-state index in [9.17, 15) is 23.1 Å². The van der Waals surface area contributed by atoms with Crippen LogP contribution in [0.25, 0.3) is 0 Å². The normalized spacial score (nSPS) is 19.5. The molecule has 3 rings (SSSR count). The third kappa shape index (κ3) is 3.84. The van der Waals surface area contributed by atoms with Crippen molar-refractivity contribution in [3.63, 3.8) is 0 Å². The van der Waals surface area contributed by atoms with Crippen LogP contribution in [0.15, 0.2) is 47.8 Å². The number of aromatic nitrogens is 1. The molecule has 1 atom stereocenters. The van der Waals surface area contributed by atoms with Gasteiger partial charge in [0.2, 0.25) is 0 Å². The van der Waals surface area contributed by atoms with Crippen LogP contribution in [0, 0.1) is 13.8 Å². The van der Waals surface area contributed by atoms with Crippen molar-refractivity contribution in [2.45, 2.75) is 32.2 Å². The summed E-state index contributed by atoms with van der Waals surface area (Å²) < 4.78 is 46.0. The Bertz CT molecular complexity index is 895. The number of rotatable bonds is 4. The highest BCUT2D eigenvalue weighted by Crippen LogP contribution is 2.41. The smallest absolute Gasteiger partial charge is 0.438 e. The maximum atomic E-state index is 13.5. The topological polar surface area (TPSA) is 75.0 Å². The molecule has 6 nitrogen and oxygen atoms in total. The lowest BCUT2D eigenvalue weighted by atomic mass is 10.0. The van der Waals surface area contributed by atoms with Crippen molar-refractivity contribution in [1.82, 2.24) is 9.99 Å². The molecule has 0 aliphatic carbocycles. The Kier molecular flexibility index (Phi) is 5.12. The van der Waals surface area contributed by atoms with E-state index in [4.69, 9.17) is 4.74 Å². The molecule has 2 aromatic rings. The largest absolute Gasteiger partial charge is 0.484 e. The number of benzene rings is 1. The summed E-state index contributed by atoms with van der Waals surface area (Å²) in [5.41, 5.74) is -1.40. The van der Waals surface area contributed by atoms with E-state index >= 15 is 0 Å². The standard InChI is InChI=1S/C19H18F3N3O3/c1-12-7-13(2)9-15(8-12)28-11-17(26)25-18(27,19(20,21)22)10-16(24-25)14-3-5-23-6-4-14/h3-9,27H,10-11H2,1-2H3/t18-/m1/s1. The van der Waals surface area contributed by atoms with Crippen molar-refractivity contribution in [3.05, 3.63) is 59.4 Å². The fourth-order valence-electron chi connectivity index (χ4n) is 2.96. The molecule has 28 heavy (non-hydrogen) atoms. The SMILES string of the molecule is Cc1cc(C)cc(OCC(=O)N2N=C(c3ccncc3)C[C@@]2(O)C(F)(F)F)c1. The molecule has 1 amide bonds. The van der Waals surface area contributed by atoms with E-state index in [2.05, 4.69) is 10.1 Å². The average Bonchev–Trinajstić information content (AvgIpc) is 2.99. The van der Waals surface area contributed by atoms with Crippen LogP contribution >= 0.6 is 0 Å². The van der Waals surface area contributed by atoms with Gasteiger partial charge >= 0.3 is 6.18 Å². The minimum atomic E-state index is -5.10. The Balaban J connectivity index is 1.85. The highest BCUT2D eigenvalue weighted by Gasteiger charge is 2.63. The monoisotopic (exact) mass is 393 g/mol. The lowest BCUT2D eigenvalue weighted by Crippen LogP contribution is -2.57. The first-order chi connectivity index (χ1) is 13.1. The molecule has 1 aromatic carbocycles. The predicted octanol–water partition coefficient (Wildman–Crippen LogP) is 2.96. The van der Waals surface area contributed by atoms with Gasteiger partial charge < -0.3 is 9.84 Å². The molecule has 1 N–H and O–H groups in total. The Morgan fingerprint density at radius 1 is 1.21 bits per heavy atom. The van der Waals surface area contributed by atoms with Crippen molar-refractivity contribution in [3.8, 4) is 5.75 Å². The average molecular weight is 393 g/mol. The molecule has 0 spiro atoms. The van der Waals surface area contributed by atoms with Crippen LogP contribution in [0.5, 0.6) is 5.75 Å². The number of hydrazone groups is 1. The first-order valence-corrected chi connectivity index (χ1v) is 8.41. The first kappa shape index (κ1) is 19.8. The van der Waals surface area contributed by atoms with E-state index in [0.717, 1.165) is 11.1 Å². The molecule has 148 valence electrons. The number of aliphatic hydroxyl groups is 1. The maximum absolute atomic E-state index is 13.5. The molecule has 1 aliphatic rings. The Labute approximate surface area is 159 Å². The Hall–Kier alpha value is -2.94. The molecular weight excluding hydrogens is 375 g/mol. The number of hydrogen-bond donors (Lipinski definition) is 1. The fourth-order valence-corrected chi connectivity index (χ4v) is 2.96. The zero-order chi connectivity index (χ0) is 20.5. The molecule has 9 heteroatoms. The van der Waals surface area contributed by atoms with Crippen LogP contribution in [0.4, 0.5) is 13.2 Å². The molecule has 0 bridgehead atoms. The van der Waals surface area contributed by atoms with E-state index in [-0.39, 0.29) is 10.7 Å². The van der Waals surface area contributed by atoms with Gasteiger partial charge in [-0.15, -0.1) is 0 Å². The summed E-state index contributed by atoms with van der Waals surface area (Å²) in [5.74, 6) is -0.762. The number of carbonyl (C=O) groups is 1. The highest BCUT2D eigenvalue weighted by atomic mass is 19.4. The second kappa shape index (κ2) is 7.23. The van der Waals surface area contributed by atoms with Crippen molar-refractivity contribution in [1.29, 1.82) is 0 Å². The first-order valence-electron chi connectivity index (χ1n) is 8.41. The molecular formula is C19H18F3N3O3. The second-order valence-electron chi connectivity index (χ2n) is 6.59. The number of alkyl halides is 3. The summed E-state index contributed by atoms with van der Waals surface area (Å²) in [7, 11) is 0. The molecule has 1 aliphatic heterocycles. The van der Waals surface area contributed by atoms with Crippen molar-refractivity contribution in [2.75, 3.05) is 6.61 Å². The van der Waals surface area contributed by atoms with Crippen LogP contribution in [0.1, 0.15) is 23.1 Å². The summed E-state index contributed by atoms with van der Waals surface area (Å²) in [4.78, 5) is 16.2. The number of ether oxygens (including phenoxy) is 1. The van der Waals surface area contributed by atoms with Crippen LogP contribution in [0.2, 0.25) is 0 Å². The number of amides is 1. The molecule has 0 fully saturated rings. The highest BCUT2D eigenvalue weighted by molar-refractivity contribution is 6.03. The number of aryl methyl sites for hydroxylation is 2. The van der Waals surface area contributed by atoms with E-state index in [1.807, 2.05) is 19.9 Å². The van der Waals surface area contributed by atoms with E-state index in [1.165, 1.54) is 24.5 Å². The van der Waals surface area contributed by atoms with E-state index < -0.39 is 30.8 Å². The van der Waals surface area contributed by atoms with Gasteiger partial charge in [0.05, 0.1) is 12.1 Å². The zero-order valence-corrected chi connectivity index (χ0v) is 15.2. The summed E-state index contributed by atoms with van der Waals surface area (Å²) in [6.45, 7) is 2.96. The van der Waals surface area contributed by atoms with Crippen LogP contribution < -0.4 is 4.74 Å². The molecule has 0 saturated heterocycles. The van der Waals surface area contributed by atoms with Crippen molar-refractivity contribution >= 4 is 11.6 Å². The van der Waals surface area contributed by atoms with Crippen LogP contribution in [-0.4, -0.2) is 45.2 Å². The van der Waals surface area contributed by atoms with Gasteiger partial charge in [0.25, 0.3) is 11.6 Å². The molecule has 0 unspecified atom stereocenters. The minimum Gasteiger partial charge on any atom is -0.484 e. The minimum absolute atomic E-state index is 0.0609. The van der Waals surface area contributed by atoms with Crippen molar-refractivity contribution in [2.24, 2.45) is 5.10 Å². The Morgan fingerprint density at radius 3 is 2.39 bits per heavy atom. The summed E-state index contributed by atoms with van der Waals surface area (Å²) in [6.07, 6.45) is -3.20. The zero-order valence-electron chi connectivity index (χ0n) is 15.2. The second-order valence-corrected chi connectivity index (χ2v) is 6.59. The third-order valence-electron chi connectivity index (χ3n) is 4.25. The van der Waals surface area contributed by atoms with Gasteiger partial charge in [-0.05, 0) is 49.2 Å². The van der Waals surface area contributed by atoms with E-state index in [1.54, 1.807) is 12.1 Å². The number of carbonyl (C=O) groups excluding carboxylic acids is 1. The summed E-state index contributed by atoms with van der Waals surface area (Å²) >= 11 is 0. The van der Waals surface area contributed by atoms with Gasteiger partial charge in [-0.1, -0.05) is 6.07 Å². The number of pyridine rings is 1. The van der Waals surface area contributed by atoms with Gasteiger partial charge in [-0.3, -0.25) is 9.78 Å². The van der Waals surface area contributed by atoms with Gasteiger partial charge in [-0.2, -0.15) is 23.3 Å². The molecule has 2 heterocycles. The quantitative estimate of drug-likeness (QED) is 0.867. The van der Waals surface area contributed by atoms with Gasteiger partial charge in [0.1, 0.15) is 5.75 Å². The Morgan fingerprint density at radius 2 is 1.82 bits per heavy atom. The maximum Gasteiger partial charge on any atom is 0.438 e. The molecule has 0 saturated carbocycles. The van der Waals surface area contributed by atoms with E-state index in [0.29, 0.717) is 11.3 Å². The lowest BCUT2D eigenvalue weighted by Gasteiger charge is -2.32. The summed E-state index contributed by atoms with van der Waals surface area (Å²) in [5, 5.41) is 14.1. The third-order valence-corrected chi connectivity index (χ3v) is 4.25. The van der Waals surface area contributed by atoms with Crippen LogP contribution in [-0.2, 0) is 4.79 Å². The lowest BCUT2D eigenvalue weighted by molar-refractivity contribution is -0.302. The predicted molar refractivity (Wildman–Crippen MR) is 94.7 cm³/mol. The van der Waals surface area contributed by atoms with Crippen molar-refractivity contribution < 1.29 is 27.8 Å². The molecule has 1 aromatic heterocycles. The number of hydrogen-bond acceptors (Lipinski definition) is 5. The van der Waals surface area contributed by atoms with Crippen LogP contribution in [0.3, 0.4) is 0 Å². The number of halogens is 3. The van der Waals surface area contributed by atoms with Gasteiger partial charge in [-0.25, -0.2) is 0 Å².